The molecular formula is C20H27F3N6OS. The standard InChI is InChI=1S/C20H27F3N6OS/c1-12(29-8-5-19(6-9-29)11-13(30)10-15(19)24)28-17(25)18(26-2)31-14-4-3-7-27-16(14)20(21,22)23/h3-4,7,13,15,30H,2,5-6,8-11,24-25H2,1H3/b18-17+,28-12?/t13-,15-/m0/s1. The van der Waals surface area contributed by atoms with Gasteiger partial charge < -0.3 is 21.5 Å². The van der Waals surface area contributed by atoms with Crippen molar-refractivity contribution in [2.45, 2.75) is 55.8 Å². The summed E-state index contributed by atoms with van der Waals surface area (Å²) in [5.74, 6) is 0.631. The Balaban J connectivity index is 1.74. The molecule has 2 aliphatic rings. The van der Waals surface area contributed by atoms with Crippen molar-refractivity contribution in [3.63, 3.8) is 0 Å². The number of amidine groups is 1. The molecule has 0 amide bonds. The van der Waals surface area contributed by atoms with Crippen LogP contribution >= 0.6 is 11.8 Å². The van der Waals surface area contributed by atoms with E-state index in [9.17, 15) is 18.3 Å². The van der Waals surface area contributed by atoms with Gasteiger partial charge in [-0.1, -0.05) is 11.8 Å². The van der Waals surface area contributed by atoms with Crippen molar-refractivity contribution in [2.24, 2.45) is 26.9 Å². The number of aromatic nitrogens is 1. The highest BCUT2D eigenvalue weighted by Crippen LogP contribution is 2.45. The number of halogens is 3. The Morgan fingerprint density at radius 1 is 1.39 bits per heavy atom. The highest BCUT2D eigenvalue weighted by Gasteiger charge is 2.46. The van der Waals surface area contributed by atoms with E-state index < -0.39 is 11.9 Å². The molecule has 1 aliphatic carbocycles. The summed E-state index contributed by atoms with van der Waals surface area (Å²) in [7, 11) is 0. The normalized spacial score (nSPS) is 25.0. The summed E-state index contributed by atoms with van der Waals surface area (Å²) in [6, 6.07) is 2.71. The number of thioether (sulfide) groups is 1. The van der Waals surface area contributed by atoms with Crippen molar-refractivity contribution in [3.8, 4) is 0 Å². The fraction of sp³-hybridized carbons (Fsp3) is 0.550. The second-order valence-corrected chi connectivity index (χ2v) is 9.04. The zero-order valence-electron chi connectivity index (χ0n) is 17.3. The van der Waals surface area contributed by atoms with Gasteiger partial charge in [0, 0.05) is 30.2 Å². The fourth-order valence-corrected chi connectivity index (χ4v) is 5.18. The molecule has 1 spiro atoms. The average molecular weight is 457 g/mol. The maximum Gasteiger partial charge on any atom is 0.434 e. The minimum absolute atomic E-state index is 0.0113. The van der Waals surface area contributed by atoms with Gasteiger partial charge in [-0.25, -0.2) is 4.99 Å². The summed E-state index contributed by atoms with van der Waals surface area (Å²) in [6.45, 7) is 6.65. The number of rotatable bonds is 4. The topological polar surface area (TPSA) is 113 Å². The van der Waals surface area contributed by atoms with Crippen LogP contribution in [0, 0.1) is 5.41 Å². The van der Waals surface area contributed by atoms with Crippen molar-refractivity contribution >= 4 is 24.3 Å². The second kappa shape index (κ2) is 9.17. The van der Waals surface area contributed by atoms with E-state index in [0.717, 1.165) is 30.8 Å². The first-order valence-electron chi connectivity index (χ1n) is 9.96. The van der Waals surface area contributed by atoms with Crippen LogP contribution in [0.5, 0.6) is 0 Å². The third-order valence-electron chi connectivity index (χ3n) is 6.06. The number of likely N-dealkylation sites (tertiary alicyclic amines) is 1. The summed E-state index contributed by atoms with van der Waals surface area (Å²) >= 11 is 0.728. The molecule has 1 aromatic heterocycles. The van der Waals surface area contributed by atoms with Crippen LogP contribution in [-0.2, 0) is 6.18 Å². The van der Waals surface area contributed by atoms with Crippen molar-refractivity contribution in [1.29, 1.82) is 0 Å². The van der Waals surface area contributed by atoms with Gasteiger partial charge in [0.2, 0.25) is 0 Å². The molecule has 1 saturated heterocycles. The van der Waals surface area contributed by atoms with Gasteiger partial charge in [0.1, 0.15) is 10.9 Å². The van der Waals surface area contributed by atoms with Gasteiger partial charge in [0.05, 0.1) is 6.10 Å². The molecule has 11 heteroatoms. The van der Waals surface area contributed by atoms with Gasteiger partial charge in [0.25, 0.3) is 0 Å². The van der Waals surface area contributed by atoms with E-state index in [2.05, 4.69) is 26.6 Å². The van der Waals surface area contributed by atoms with Crippen LogP contribution in [-0.4, -0.2) is 52.8 Å². The van der Waals surface area contributed by atoms with Crippen LogP contribution in [0.3, 0.4) is 0 Å². The Kier molecular flexibility index (Phi) is 6.97. The molecule has 0 bridgehead atoms. The molecule has 0 aromatic carbocycles. The van der Waals surface area contributed by atoms with Crippen LogP contribution in [0.2, 0.25) is 0 Å². The maximum absolute atomic E-state index is 13.2. The van der Waals surface area contributed by atoms with Crippen LogP contribution in [0.4, 0.5) is 13.2 Å². The van der Waals surface area contributed by atoms with Crippen LogP contribution < -0.4 is 11.5 Å². The van der Waals surface area contributed by atoms with Gasteiger partial charge in [-0.15, -0.1) is 0 Å². The van der Waals surface area contributed by atoms with E-state index in [4.69, 9.17) is 11.5 Å². The molecular weight excluding hydrogens is 429 g/mol. The summed E-state index contributed by atoms with van der Waals surface area (Å²) in [5.41, 5.74) is 11.3. The highest BCUT2D eigenvalue weighted by molar-refractivity contribution is 8.03. The molecule has 0 unspecified atom stereocenters. The molecule has 2 fully saturated rings. The number of pyridine rings is 1. The van der Waals surface area contributed by atoms with Crippen molar-refractivity contribution < 1.29 is 18.3 Å². The first kappa shape index (κ1) is 23.6. The number of aliphatic imine (C=N–C) groups is 2. The quantitative estimate of drug-likeness (QED) is 0.365. The largest absolute Gasteiger partial charge is 0.434 e. The SMILES string of the molecule is C=N/C(Sc1cccnc1C(F)(F)F)=C(/N)N=C(C)N1CCC2(CC1)C[C@@H](O)C[C@@H]2N. The average Bonchev–Trinajstić information content (AvgIpc) is 2.98. The monoisotopic (exact) mass is 456 g/mol. The lowest BCUT2D eigenvalue weighted by molar-refractivity contribution is -0.143. The Labute approximate surface area is 183 Å². The van der Waals surface area contributed by atoms with Gasteiger partial charge in [-0.3, -0.25) is 9.98 Å². The molecule has 2 atom stereocenters. The molecule has 7 nitrogen and oxygen atoms in total. The third kappa shape index (κ3) is 5.21. The number of aliphatic hydroxyl groups is 1. The predicted molar refractivity (Wildman–Crippen MR) is 115 cm³/mol. The van der Waals surface area contributed by atoms with E-state index >= 15 is 0 Å². The van der Waals surface area contributed by atoms with E-state index in [-0.39, 0.29) is 33.3 Å². The van der Waals surface area contributed by atoms with Crippen molar-refractivity contribution in [1.82, 2.24) is 9.88 Å². The molecule has 1 aliphatic heterocycles. The van der Waals surface area contributed by atoms with E-state index in [1.54, 1.807) is 6.92 Å². The minimum atomic E-state index is -4.59. The number of aliphatic hydroxyl groups excluding tert-OH is 1. The maximum atomic E-state index is 13.2. The van der Waals surface area contributed by atoms with Crippen LogP contribution in [0.15, 0.2) is 44.1 Å². The number of hydrogen-bond acceptors (Lipinski definition) is 7. The fourth-order valence-electron chi connectivity index (χ4n) is 4.35. The Morgan fingerprint density at radius 3 is 2.61 bits per heavy atom. The predicted octanol–water partition coefficient (Wildman–Crippen LogP) is 2.96. The van der Waals surface area contributed by atoms with Gasteiger partial charge in [-0.2, -0.15) is 13.2 Å². The van der Waals surface area contributed by atoms with Crippen LogP contribution in [0.25, 0.3) is 0 Å². The Hall–Kier alpha value is -2.11. The first-order chi connectivity index (χ1) is 14.6. The summed E-state index contributed by atoms with van der Waals surface area (Å²) in [5, 5.41) is 10.0. The summed E-state index contributed by atoms with van der Waals surface area (Å²) in [6.07, 6.45) is -0.829. The number of piperidine rings is 1. The molecule has 2 heterocycles. The molecule has 0 radical (unpaired) electrons. The van der Waals surface area contributed by atoms with E-state index in [0.29, 0.717) is 31.8 Å². The van der Waals surface area contributed by atoms with Crippen molar-refractivity contribution in [3.05, 3.63) is 34.9 Å². The Morgan fingerprint density at radius 2 is 2.06 bits per heavy atom. The van der Waals surface area contributed by atoms with Crippen molar-refractivity contribution in [2.75, 3.05) is 13.1 Å². The van der Waals surface area contributed by atoms with E-state index in [1.807, 2.05) is 0 Å². The van der Waals surface area contributed by atoms with Gasteiger partial charge >= 0.3 is 6.18 Å². The highest BCUT2D eigenvalue weighted by atomic mass is 32.2. The Bertz CT molecular complexity index is 880. The van der Waals surface area contributed by atoms with Gasteiger partial charge in [-0.05, 0) is 56.9 Å². The molecule has 1 saturated carbocycles. The number of nitrogens with two attached hydrogens (primary N) is 2. The first-order valence-corrected chi connectivity index (χ1v) is 10.8. The molecule has 1 aromatic rings. The van der Waals surface area contributed by atoms with Crippen LogP contribution in [0.1, 0.15) is 38.3 Å². The number of nitrogens with zero attached hydrogens (tertiary/aromatic N) is 4. The van der Waals surface area contributed by atoms with E-state index in [1.165, 1.54) is 12.1 Å². The molecule has 31 heavy (non-hydrogen) atoms. The zero-order valence-corrected chi connectivity index (χ0v) is 18.1. The summed E-state index contributed by atoms with van der Waals surface area (Å²) in [4.78, 5) is 13.5. The second-order valence-electron chi connectivity index (χ2n) is 8.01. The lowest BCUT2D eigenvalue weighted by Crippen LogP contribution is -2.48. The minimum Gasteiger partial charge on any atom is -0.393 e. The number of hydrogen-bond donors (Lipinski definition) is 3. The number of alkyl halides is 3. The third-order valence-corrected chi connectivity index (χ3v) is 7.14. The molecule has 5 N–H and O–H groups in total. The molecule has 170 valence electrons. The molecule has 3 rings (SSSR count). The lowest BCUT2D eigenvalue weighted by atomic mass is 9.74. The van der Waals surface area contributed by atoms with Gasteiger partial charge in [0.15, 0.2) is 11.5 Å². The smallest absolute Gasteiger partial charge is 0.393 e. The summed E-state index contributed by atoms with van der Waals surface area (Å²) < 4.78 is 39.6. The lowest BCUT2D eigenvalue weighted by Gasteiger charge is -2.42. The zero-order chi connectivity index (χ0) is 22.8.